The van der Waals surface area contributed by atoms with Crippen molar-refractivity contribution in [2.24, 2.45) is 0 Å². The van der Waals surface area contributed by atoms with Crippen molar-refractivity contribution in [1.29, 1.82) is 0 Å². The van der Waals surface area contributed by atoms with Crippen LogP contribution in [0.2, 0.25) is 0 Å². The maximum Gasteiger partial charge on any atom is 0.171 e. The van der Waals surface area contributed by atoms with Crippen LogP contribution >= 0.6 is 11.3 Å². The number of hydrogen-bond donors (Lipinski definition) is 2. The molecule has 1 aromatic heterocycles. The smallest absolute Gasteiger partial charge is 0.171 e. The van der Waals surface area contributed by atoms with E-state index in [9.17, 15) is 4.79 Å². The molecule has 2 rings (SSSR count). The average Bonchev–Trinajstić information content (AvgIpc) is 3.18. The maximum atomic E-state index is 11.6. The molecule has 1 saturated carbocycles. The summed E-state index contributed by atoms with van der Waals surface area (Å²) in [6.45, 7) is 3.35. The molecule has 4 nitrogen and oxygen atoms in total. The summed E-state index contributed by atoms with van der Waals surface area (Å²) in [5.41, 5.74) is 8.06. The van der Waals surface area contributed by atoms with Gasteiger partial charge in [0.05, 0.1) is 15.6 Å². The van der Waals surface area contributed by atoms with E-state index in [2.05, 4.69) is 5.32 Å². The largest absolute Gasteiger partial charge is 0.397 e. The molecule has 1 fully saturated rings. The van der Waals surface area contributed by atoms with Crippen molar-refractivity contribution in [2.45, 2.75) is 44.9 Å². The molecule has 20 heavy (non-hydrogen) atoms. The van der Waals surface area contributed by atoms with Crippen molar-refractivity contribution >= 4 is 27.8 Å². The molecule has 0 radical (unpaired) electrons. The van der Waals surface area contributed by atoms with Crippen molar-refractivity contribution in [3.8, 4) is 0 Å². The summed E-state index contributed by atoms with van der Waals surface area (Å²) in [4.78, 5) is 12.3. The van der Waals surface area contributed by atoms with Gasteiger partial charge in [-0.3, -0.25) is 4.79 Å². The zero-order chi connectivity index (χ0) is 14.5. The second-order valence-electron chi connectivity index (χ2n) is 5.40. The van der Waals surface area contributed by atoms with E-state index in [0.29, 0.717) is 16.5 Å². The van der Waals surface area contributed by atoms with E-state index < -0.39 is 0 Å². The summed E-state index contributed by atoms with van der Waals surface area (Å²) in [5.74, 6) is 0.637. The van der Waals surface area contributed by atoms with Crippen molar-refractivity contribution < 1.29 is 9.53 Å². The fourth-order valence-corrected chi connectivity index (χ4v) is 3.51. The Balaban J connectivity index is 1.93. The number of carbonyl (C=O) groups excluding carboxylic acids is 1. The minimum absolute atomic E-state index is 0.0718. The Kier molecular flexibility index (Phi) is 5.43. The Morgan fingerprint density at radius 3 is 2.75 bits per heavy atom. The number of rotatable bonds is 9. The van der Waals surface area contributed by atoms with Gasteiger partial charge in [0.15, 0.2) is 5.78 Å². The molecule has 0 unspecified atom stereocenters. The fourth-order valence-electron chi connectivity index (χ4n) is 2.38. The number of hydrogen-bond acceptors (Lipinski definition) is 5. The van der Waals surface area contributed by atoms with E-state index in [4.69, 9.17) is 10.5 Å². The van der Waals surface area contributed by atoms with Crippen LogP contribution in [0.4, 0.5) is 10.7 Å². The summed E-state index contributed by atoms with van der Waals surface area (Å²) in [7, 11) is 1.73. The molecular weight excluding hydrogens is 272 g/mol. The van der Waals surface area contributed by atoms with Crippen LogP contribution in [0, 0.1) is 0 Å². The topological polar surface area (TPSA) is 64.3 Å². The van der Waals surface area contributed by atoms with Crippen LogP contribution < -0.4 is 11.1 Å². The predicted octanol–water partition coefficient (Wildman–Crippen LogP) is 3.64. The molecule has 0 saturated heterocycles. The van der Waals surface area contributed by atoms with Gasteiger partial charge in [-0.25, -0.2) is 0 Å². The summed E-state index contributed by atoms with van der Waals surface area (Å²) >= 11 is 1.52. The Bertz CT molecular complexity index is 467. The highest BCUT2D eigenvalue weighted by atomic mass is 32.1. The lowest BCUT2D eigenvalue weighted by Crippen LogP contribution is -2.03. The van der Waals surface area contributed by atoms with Crippen molar-refractivity contribution in [2.75, 3.05) is 31.3 Å². The number of nitrogens with one attached hydrogen (secondary N) is 1. The van der Waals surface area contributed by atoms with E-state index in [1.54, 1.807) is 14.0 Å². The van der Waals surface area contributed by atoms with Crippen LogP contribution in [0.25, 0.3) is 0 Å². The number of ether oxygens (including phenoxy) is 1. The van der Waals surface area contributed by atoms with Gasteiger partial charge in [0, 0.05) is 32.7 Å². The van der Waals surface area contributed by atoms with Gasteiger partial charge in [-0.1, -0.05) is 0 Å². The minimum Gasteiger partial charge on any atom is -0.397 e. The van der Waals surface area contributed by atoms with Crippen molar-refractivity contribution in [3.05, 3.63) is 10.4 Å². The van der Waals surface area contributed by atoms with E-state index in [-0.39, 0.29) is 5.78 Å². The van der Waals surface area contributed by atoms with Crippen molar-refractivity contribution in [1.82, 2.24) is 0 Å². The molecule has 1 aliphatic carbocycles. The number of carbonyl (C=O) groups is 1. The molecular formula is C15H24N2O2S. The zero-order valence-electron chi connectivity index (χ0n) is 12.3. The van der Waals surface area contributed by atoms with Gasteiger partial charge in [-0.15, -0.1) is 11.3 Å². The number of thiophene rings is 1. The summed E-state index contributed by atoms with van der Waals surface area (Å²) < 4.78 is 5.04. The van der Waals surface area contributed by atoms with Crippen molar-refractivity contribution in [3.63, 3.8) is 0 Å². The number of nitrogen functional groups attached to an aromatic ring is 1. The van der Waals surface area contributed by atoms with Gasteiger partial charge in [-0.2, -0.15) is 0 Å². The Hall–Kier alpha value is -1.07. The number of unbranched alkanes of at least 4 members (excludes halogenated alkanes) is 2. The molecule has 3 N–H and O–H groups in total. The Morgan fingerprint density at radius 1 is 1.40 bits per heavy atom. The maximum absolute atomic E-state index is 11.6. The molecule has 112 valence electrons. The first-order chi connectivity index (χ1) is 9.65. The minimum atomic E-state index is 0.0718. The second kappa shape index (κ2) is 7.09. The van der Waals surface area contributed by atoms with Crippen LogP contribution in [0.5, 0.6) is 0 Å². The number of methoxy groups -OCH3 is 1. The zero-order valence-corrected chi connectivity index (χ0v) is 13.1. The number of nitrogens with two attached hydrogens (primary N) is 1. The van der Waals surface area contributed by atoms with E-state index >= 15 is 0 Å². The van der Waals surface area contributed by atoms with E-state index in [1.807, 2.05) is 0 Å². The highest BCUT2D eigenvalue weighted by molar-refractivity contribution is 7.18. The number of Topliss-reactive ketones (excluding diaryl/α,β-unsaturated/α-hetero) is 1. The standard InChI is InChI=1S/C15H24N2O2S/c1-10(18)14-13(16)12(11-6-7-11)15(20-14)17-8-4-3-5-9-19-2/h11,17H,3-9,16H2,1-2H3. The lowest BCUT2D eigenvalue weighted by molar-refractivity contribution is 0.102. The van der Waals surface area contributed by atoms with Gasteiger partial charge in [0.2, 0.25) is 0 Å². The van der Waals surface area contributed by atoms with Gasteiger partial charge >= 0.3 is 0 Å². The third kappa shape index (κ3) is 3.73. The third-order valence-electron chi connectivity index (χ3n) is 3.60. The summed E-state index contributed by atoms with van der Waals surface area (Å²) in [6.07, 6.45) is 5.75. The lowest BCUT2D eigenvalue weighted by atomic mass is 10.1. The van der Waals surface area contributed by atoms with E-state index in [1.165, 1.54) is 29.7 Å². The third-order valence-corrected chi connectivity index (χ3v) is 4.88. The Labute approximate surface area is 124 Å². The van der Waals surface area contributed by atoms with Crippen LogP contribution in [-0.2, 0) is 4.74 Å². The number of anilines is 2. The molecule has 0 atom stereocenters. The van der Waals surface area contributed by atoms with Crippen LogP contribution in [0.15, 0.2) is 0 Å². The lowest BCUT2D eigenvalue weighted by Gasteiger charge is -2.07. The SMILES string of the molecule is COCCCCCNc1sc(C(C)=O)c(N)c1C1CC1. The predicted molar refractivity (Wildman–Crippen MR) is 84.9 cm³/mol. The summed E-state index contributed by atoms with van der Waals surface area (Å²) in [5, 5.41) is 4.59. The molecule has 1 aromatic rings. The van der Waals surface area contributed by atoms with Gasteiger partial charge in [-0.05, 0) is 38.0 Å². The molecule has 0 spiro atoms. The molecule has 1 aliphatic rings. The quantitative estimate of drug-likeness (QED) is 0.539. The molecule has 5 heteroatoms. The average molecular weight is 296 g/mol. The first kappa shape index (κ1) is 15.3. The first-order valence-electron chi connectivity index (χ1n) is 7.31. The summed E-state index contributed by atoms with van der Waals surface area (Å²) in [6, 6.07) is 0. The molecule has 0 aliphatic heterocycles. The monoisotopic (exact) mass is 296 g/mol. The van der Waals surface area contributed by atoms with Crippen LogP contribution in [0.1, 0.15) is 60.2 Å². The fraction of sp³-hybridized carbons (Fsp3) is 0.667. The first-order valence-corrected chi connectivity index (χ1v) is 8.12. The number of ketones is 1. The second-order valence-corrected chi connectivity index (χ2v) is 6.42. The normalized spacial score (nSPS) is 14.5. The molecule has 0 aromatic carbocycles. The van der Waals surface area contributed by atoms with Crippen LogP contribution in [-0.4, -0.2) is 26.0 Å². The molecule has 0 bridgehead atoms. The van der Waals surface area contributed by atoms with Crippen LogP contribution in [0.3, 0.4) is 0 Å². The van der Waals surface area contributed by atoms with Gasteiger partial charge in [0.25, 0.3) is 0 Å². The molecule has 1 heterocycles. The van der Waals surface area contributed by atoms with Gasteiger partial charge < -0.3 is 15.8 Å². The highest BCUT2D eigenvalue weighted by Crippen LogP contribution is 2.50. The molecule has 0 amide bonds. The van der Waals surface area contributed by atoms with E-state index in [0.717, 1.165) is 37.4 Å². The Morgan fingerprint density at radius 2 is 2.15 bits per heavy atom. The highest BCUT2D eigenvalue weighted by Gasteiger charge is 2.32. The van der Waals surface area contributed by atoms with Gasteiger partial charge in [0.1, 0.15) is 0 Å².